The van der Waals surface area contributed by atoms with Crippen molar-refractivity contribution >= 4 is 5.97 Å². The lowest BCUT2D eigenvalue weighted by Gasteiger charge is -2.04. The van der Waals surface area contributed by atoms with Crippen LogP contribution in [0.15, 0.2) is 59.1 Å². The highest BCUT2D eigenvalue weighted by Gasteiger charge is 2.22. The Hall–Kier alpha value is -2.88. The van der Waals surface area contributed by atoms with Crippen molar-refractivity contribution in [2.75, 3.05) is 7.11 Å². The maximum Gasteiger partial charge on any atom is 0.343 e. The van der Waals surface area contributed by atoms with Crippen molar-refractivity contribution in [3.63, 3.8) is 0 Å². The van der Waals surface area contributed by atoms with Gasteiger partial charge in [0, 0.05) is 5.56 Å². The molecule has 0 atom stereocenters. The van der Waals surface area contributed by atoms with E-state index in [-0.39, 0.29) is 0 Å². The minimum atomic E-state index is -0.444. The molecule has 0 amide bonds. The summed E-state index contributed by atoms with van der Waals surface area (Å²) in [5.41, 5.74) is 3.92. The molecule has 0 bridgehead atoms. The Labute approximate surface area is 128 Å². The lowest BCUT2D eigenvalue weighted by Crippen LogP contribution is -2.03. The molecule has 22 heavy (non-hydrogen) atoms. The van der Waals surface area contributed by atoms with E-state index in [0.29, 0.717) is 17.0 Å². The number of benzene rings is 2. The van der Waals surface area contributed by atoms with Crippen LogP contribution in [0, 0.1) is 6.92 Å². The lowest BCUT2D eigenvalue weighted by molar-refractivity contribution is 0.0600. The fraction of sp³-hybridized carbons (Fsp3) is 0.111. The van der Waals surface area contributed by atoms with Crippen LogP contribution in [0.25, 0.3) is 22.5 Å². The number of ether oxygens (including phenoxy) is 1. The second-order valence-corrected chi connectivity index (χ2v) is 4.91. The van der Waals surface area contributed by atoms with Crippen LogP contribution >= 0.6 is 0 Å². The van der Waals surface area contributed by atoms with Gasteiger partial charge < -0.3 is 9.26 Å². The minimum Gasteiger partial charge on any atom is -0.465 e. The van der Waals surface area contributed by atoms with Gasteiger partial charge in [-0.05, 0) is 18.1 Å². The zero-order valence-corrected chi connectivity index (χ0v) is 12.4. The molecular weight excluding hydrogens is 278 g/mol. The highest BCUT2D eigenvalue weighted by molar-refractivity contribution is 5.96. The van der Waals surface area contributed by atoms with Crippen LogP contribution in [0.4, 0.5) is 0 Å². The van der Waals surface area contributed by atoms with E-state index < -0.39 is 5.97 Å². The fourth-order valence-electron chi connectivity index (χ4n) is 2.35. The quantitative estimate of drug-likeness (QED) is 0.682. The van der Waals surface area contributed by atoms with E-state index in [1.165, 1.54) is 7.11 Å². The maximum absolute atomic E-state index is 11.9. The average molecular weight is 293 g/mol. The number of nitrogens with zero attached hydrogens (tertiary/aromatic N) is 1. The minimum absolute atomic E-state index is 0.370. The lowest BCUT2D eigenvalue weighted by atomic mass is 10.0. The second-order valence-electron chi connectivity index (χ2n) is 4.91. The van der Waals surface area contributed by atoms with Crippen LogP contribution in [0.3, 0.4) is 0 Å². The first-order chi connectivity index (χ1) is 10.7. The van der Waals surface area contributed by atoms with Gasteiger partial charge in [-0.1, -0.05) is 59.8 Å². The van der Waals surface area contributed by atoms with E-state index in [2.05, 4.69) is 5.16 Å². The number of carbonyl (C=O) groups is 1. The number of methoxy groups -OCH3 is 1. The Morgan fingerprint density at radius 2 is 1.55 bits per heavy atom. The van der Waals surface area contributed by atoms with E-state index in [1.54, 1.807) is 6.92 Å². The number of aromatic nitrogens is 1. The molecule has 0 N–H and O–H groups in total. The smallest absolute Gasteiger partial charge is 0.343 e. The molecule has 0 aliphatic rings. The first-order valence-corrected chi connectivity index (χ1v) is 6.91. The summed E-state index contributed by atoms with van der Waals surface area (Å²) in [6.45, 7) is 1.72. The molecule has 0 fully saturated rings. The Morgan fingerprint density at radius 3 is 2.18 bits per heavy atom. The third kappa shape index (κ3) is 2.51. The standard InChI is InChI=1S/C18H15NO3/c1-12-16(18(20)21-2)17(22-19-12)15-10-8-14(9-11-15)13-6-4-3-5-7-13/h3-11H,1-2H3. The van der Waals surface area contributed by atoms with Gasteiger partial charge in [0.2, 0.25) is 0 Å². The predicted molar refractivity (Wildman–Crippen MR) is 83.5 cm³/mol. The van der Waals surface area contributed by atoms with Gasteiger partial charge in [0.1, 0.15) is 5.56 Å². The molecule has 1 aromatic heterocycles. The second kappa shape index (κ2) is 5.85. The average Bonchev–Trinajstić information content (AvgIpc) is 2.97. The van der Waals surface area contributed by atoms with Gasteiger partial charge in [0.05, 0.1) is 12.8 Å². The maximum atomic E-state index is 11.9. The zero-order chi connectivity index (χ0) is 15.5. The van der Waals surface area contributed by atoms with Gasteiger partial charge in [0.15, 0.2) is 5.76 Å². The van der Waals surface area contributed by atoms with Crippen molar-refractivity contribution in [1.29, 1.82) is 0 Å². The molecule has 110 valence electrons. The van der Waals surface area contributed by atoms with E-state index in [4.69, 9.17) is 9.26 Å². The van der Waals surface area contributed by atoms with Crippen molar-refractivity contribution in [1.82, 2.24) is 5.16 Å². The molecule has 2 aromatic carbocycles. The van der Waals surface area contributed by atoms with Gasteiger partial charge in [0.25, 0.3) is 0 Å². The van der Waals surface area contributed by atoms with Crippen molar-refractivity contribution < 1.29 is 14.1 Å². The monoisotopic (exact) mass is 293 g/mol. The van der Waals surface area contributed by atoms with Crippen LogP contribution in [-0.2, 0) is 4.74 Å². The zero-order valence-electron chi connectivity index (χ0n) is 12.4. The summed E-state index contributed by atoms with van der Waals surface area (Å²) in [5.74, 6) is -0.00940. The summed E-state index contributed by atoms with van der Waals surface area (Å²) in [4.78, 5) is 11.9. The van der Waals surface area contributed by atoms with Crippen LogP contribution in [0.5, 0.6) is 0 Å². The molecule has 0 saturated heterocycles. The molecule has 0 unspecified atom stereocenters. The summed E-state index contributed by atoms with van der Waals surface area (Å²) in [7, 11) is 1.34. The molecule has 4 nitrogen and oxygen atoms in total. The largest absolute Gasteiger partial charge is 0.465 e. The normalized spacial score (nSPS) is 10.5. The molecule has 3 aromatic rings. The number of aryl methyl sites for hydroxylation is 1. The van der Waals surface area contributed by atoms with Crippen LogP contribution < -0.4 is 0 Å². The molecular formula is C18H15NO3. The topological polar surface area (TPSA) is 52.3 Å². The van der Waals surface area contributed by atoms with Gasteiger partial charge in [-0.2, -0.15) is 0 Å². The summed E-state index contributed by atoms with van der Waals surface area (Å²) in [5, 5.41) is 3.87. The summed E-state index contributed by atoms with van der Waals surface area (Å²) in [6.07, 6.45) is 0. The van der Waals surface area contributed by atoms with Gasteiger partial charge >= 0.3 is 5.97 Å². The molecule has 0 aliphatic heterocycles. The van der Waals surface area contributed by atoms with Crippen molar-refractivity contribution in [2.45, 2.75) is 6.92 Å². The Bertz CT molecular complexity index is 789. The van der Waals surface area contributed by atoms with E-state index in [1.807, 2.05) is 54.6 Å². The summed E-state index contributed by atoms with van der Waals surface area (Å²) >= 11 is 0. The molecule has 0 radical (unpaired) electrons. The highest BCUT2D eigenvalue weighted by atomic mass is 16.5. The number of esters is 1. The van der Waals surface area contributed by atoms with Crippen LogP contribution in [-0.4, -0.2) is 18.2 Å². The molecule has 0 saturated carbocycles. The fourth-order valence-corrected chi connectivity index (χ4v) is 2.35. The van der Waals surface area contributed by atoms with Crippen LogP contribution in [0.1, 0.15) is 16.1 Å². The van der Waals surface area contributed by atoms with Gasteiger partial charge in [-0.15, -0.1) is 0 Å². The van der Waals surface area contributed by atoms with E-state index in [0.717, 1.165) is 16.7 Å². The number of carbonyl (C=O) groups excluding carboxylic acids is 1. The van der Waals surface area contributed by atoms with Crippen molar-refractivity contribution in [2.24, 2.45) is 0 Å². The Balaban J connectivity index is 1.99. The predicted octanol–water partition coefficient (Wildman–Crippen LogP) is 4.10. The summed E-state index contributed by atoms with van der Waals surface area (Å²) in [6, 6.07) is 17.9. The van der Waals surface area contributed by atoms with Crippen molar-refractivity contribution in [3.8, 4) is 22.5 Å². The Kier molecular flexibility index (Phi) is 3.74. The Morgan fingerprint density at radius 1 is 0.955 bits per heavy atom. The number of hydrogen-bond donors (Lipinski definition) is 0. The summed E-state index contributed by atoms with van der Waals surface area (Å²) < 4.78 is 10.1. The van der Waals surface area contributed by atoms with Crippen molar-refractivity contribution in [3.05, 3.63) is 65.9 Å². The SMILES string of the molecule is COC(=O)c1c(C)noc1-c1ccc(-c2ccccc2)cc1. The molecule has 3 rings (SSSR count). The highest BCUT2D eigenvalue weighted by Crippen LogP contribution is 2.29. The third-order valence-corrected chi connectivity index (χ3v) is 3.51. The molecule has 1 heterocycles. The molecule has 0 aliphatic carbocycles. The first-order valence-electron chi connectivity index (χ1n) is 6.91. The van der Waals surface area contributed by atoms with Gasteiger partial charge in [-0.3, -0.25) is 0 Å². The van der Waals surface area contributed by atoms with Crippen LogP contribution in [0.2, 0.25) is 0 Å². The van der Waals surface area contributed by atoms with E-state index in [9.17, 15) is 4.79 Å². The van der Waals surface area contributed by atoms with E-state index >= 15 is 0 Å². The third-order valence-electron chi connectivity index (χ3n) is 3.51. The molecule has 0 spiro atoms. The van der Waals surface area contributed by atoms with Gasteiger partial charge in [-0.25, -0.2) is 4.79 Å². The first kappa shape index (κ1) is 14.1. The molecule has 4 heteroatoms. The number of rotatable bonds is 3. The number of hydrogen-bond acceptors (Lipinski definition) is 4.